The molecule has 2 aliphatic rings. The smallest absolute Gasteiger partial charge is 0.113 e. The monoisotopic (exact) mass is 264 g/mol. The van der Waals surface area contributed by atoms with Gasteiger partial charge in [0.1, 0.15) is 5.01 Å². The van der Waals surface area contributed by atoms with Crippen LogP contribution in [0.1, 0.15) is 73.4 Å². The molecule has 2 nitrogen and oxygen atoms in total. The SMILES string of the molecule is CCC1CCC(N)(c2nc(C3CC3)c(C)s2)CC1. The molecule has 1 heterocycles. The first-order valence-electron chi connectivity index (χ1n) is 7.39. The molecule has 2 N–H and O–H groups in total. The van der Waals surface area contributed by atoms with Gasteiger partial charge in [-0.05, 0) is 51.4 Å². The molecule has 0 aliphatic heterocycles. The Hall–Kier alpha value is -0.410. The van der Waals surface area contributed by atoms with E-state index in [0.717, 1.165) is 24.7 Å². The molecule has 0 spiro atoms. The zero-order valence-electron chi connectivity index (χ0n) is 11.5. The van der Waals surface area contributed by atoms with Crippen LogP contribution in [0.4, 0.5) is 0 Å². The molecule has 100 valence electrons. The van der Waals surface area contributed by atoms with E-state index >= 15 is 0 Å². The van der Waals surface area contributed by atoms with Gasteiger partial charge in [0.05, 0.1) is 11.2 Å². The molecule has 3 rings (SSSR count). The van der Waals surface area contributed by atoms with Crippen LogP contribution in [0, 0.1) is 12.8 Å². The number of hydrogen-bond donors (Lipinski definition) is 1. The summed E-state index contributed by atoms with van der Waals surface area (Å²) < 4.78 is 0. The van der Waals surface area contributed by atoms with Crippen molar-refractivity contribution in [3.63, 3.8) is 0 Å². The molecule has 0 unspecified atom stereocenters. The van der Waals surface area contributed by atoms with E-state index in [2.05, 4.69) is 13.8 Å². The van der Waals surface area contributed by atoms with Gasteiger partial charge in [-0.25, -0.2) is 4.98 Å². The maximum absolute atomic E-state index is 6.65. The molecule has 0 bridgehead atoms. The molecule has 1 aromatic heterocycles. The fourth-order valence-electron chi connectivity index (χ4n) is 3.17. The summed E-state index contributed by atoms with van der Waals surface area (Å²) in [5, 5.41) is 1.22. The summed E-state index contributed by atoms with van der Waals surface area (Å²) in [4.78, 5) is 6.32. The third-order valence-electron chi connectivity index (χ3n) is 4.80. The van der Waals surface area contributed by atoms with E-state index in [1.807, 2.05) is 11.3 Å². The Morgan fingerprint density at radius 1 is 1.28 bits per heavy atom. The first-order valence-corrected chi connectivity index (χ1v) is 8.20. The lowest BCUT2D eigenvalue weighted by Gasteiger charge is -2.35. The van der Waals surface area contributed by atoms with Gasteiger partial charge in [0, 0.05) is 10.8 Å². The zero-order chi connectivity index (χ0) is 12.8. The molecule has 0 radical (unpaired) electrons. The third kappa shape index (κ3) is 2.23. The molecule has 3 heteroatoms. The van der Waals surface area contributed by atoms with E-state index in [9.17, 15) is 0 Å². The fraction of sp³-hybridized carbons (Fsp3) is 0.800. The van der Waals surface area contributed by atoms with E-state index in [-0.39, 0.29) is 5.54 Å². The molecule has 0 saturated heterocycles. The van der Waals surface area contributed by atoms with Gasteiger partial charge in [-0.2, -0.15) is 0 Å². The lowest BCUT2D eigenvalue weighted by Crippen LogP contribution is -2.40. The number of rotatable bonds is 3. The van der Waals surface area contributed by atoms with Crippen LogP contribution in [0.3, 0.4) is 0 Å². The Morgan fingerprint density at radius 3 is 2.50 bits per heavy atom. The average molecular weight is 264 g/mol. The minimum absolute atomic E-state index is 0.117. The highest BCUT2D eigenvalue weighted by Crippen LogP contribution is 2.46. The maximum atomic E-state index is 6.65. The second kappa shape index (κ2) is 4.61. The molecule has 0 aromatic carbocycles. The van der Waals surface area contributed by atoms with Crippen LogP contribution in [0.15, 0.2) is 0 Å². The molecule has 0 amide bonds. The summed E-state index contributed by atoms with van der Waals surface area (Å²) in [6, 6.07) is 0. The van der Waals surface area contributed by atoms with Gasteiger partial charge in [-0.1, -0.05) is 13.3 Å². The highest BCUT2D eigenvalue weighted by molar-refractivity contribution is 7.11. The van der Waals surface area contributed by atoms with Crippen molar-refractivity contribution in [1.82, 2.24) is 4.98 Å². The summed E-state index contributed by atoms with van der Waals surface area (Å²) >= 11 is 1.86. The summed E-state index contributed by atoms with van der Waals surface area (Å²) in [6.07, 6.45) is 8.79. The van der Waals surface area contributed by atoms with Gasteiger partial charge >= 0.3 is 0 Å². The van der Waals surface area contributed by atoms with E-state index in [4.69, 9.17) is 10.7 Å². The maximum Gasteiger partial charge on any atom is 0.113 e. The Kier molecular flexibility index (Phi) is 3.23. The van der Waals surface area contributed by atoms with Crippen LogP contribution in [0.5, 0.6) is 0 Å². The van der Waals surface area contributed by atoms with Gasteiger partial charge in [-0.15, -0.1) is 11.3 Å². The minimum atomic E-state index is -0.117. The van der Waals surface area contributed by atoms with Crippen LogP contribution >= 0.6 is 11.3 Å². The van der Waals surface area contributed by atoms with Gasteiger partial charge < -0.3 is 5.73 Å². The van der Waals surface area contributed by atoms with Crippen molar-refractivity contribution in [3.05, 3.63) is 15.6 Å². The standard InChI is InChI=1S/C15H24N2S/c1-3-11-6-8-15(16,9-7-11)14-17-13(10(2)18-14)12-4-5-12/h11-12H,3-9,16H2,1-2H3. The second-order valence-corrected chi connectivity index (χ2v) is 7.45. The van der Waals surface area contributed by atoms with Crippen molar-refractivity contribution in [1.29, 1.82) is 0 Å². The first kappa shape index (κ1) is 12.6. The summed E-state index contributed by atoms with van der Waals surface area (Å²) in [5.74, 6) is 1.65. The van der Waals surface area contributed by atoms with E-state index in [1.165, 1.54) is 47.7 Å². The Labute approximate surface area is 114 Å². The fourth-order valence-corrected chi connectivity index (χ4v) is 4.33. The van der Waals surface area contributed by atoms with E-state index in [0.29, 0.717) is 0 Å². The van der Waals surface area contributed by atoms with Gasteiger partial charge in [0.2, 0.25) is 0 Å². The Bertz CT molecular complexity index is 426. The Balaban J connectivity index is 1.79. The highest BCUT2D eigenvalue weighted by atomic mass is 32.1. The third-order valence-corrected chi connectivity index (χ3v) is 6.00. The van der Waals surface area contributed by atoms with Crippen molar-refractivity contribution in [2.45, 2.75) is 70.3 Å². The lowest BCUT2D eigenvalue weighted by atomic mass is 9.76. The largest absolute Gasteiger partial charge is 0.319 e. The molecule has 18 heavy (non-hydrogen) atoms. The summed E-state index contributed by atoms with van der Waals surface area (Å²) in [6.45, 7) is 4.52. The molecule has 2 fully saturated rings. The molecule has 2 aliphatic carbocycles. The second-order valence-electron chi connectivity index (χ2n) is 6.24. The first-order chi connectivity index (χ1) is 8.62. The van der Waals surface area contributed by atoms with Crippen LogP contribution in [0.25, 0.3) is 0 Å². The van der Waals surface area contributed by atoms with Crippen LogP contribution in [-0.4, -0.2) is 4.98 Å². The van der Waals surface area contributed by atoms with Crippen molar-refractivity contribution < 1.29 is 0 Å². The number of hydrogen-bond acceptors (Lipinski definition) is 3. The highest BCUT2D eigenvalue weighted by Gasteiger charge is 2.37. The topological polar surface area (TPSA) is 38.9 Å². The number of thiazole rings is 1. The summed E-state index contributed by atoms with van der Waals surface area (Å²) in [7, 11) is 0. The normalized spacial score (nSPS) is 32.7. The number of nitrogens with zero attached hydrogens (tertiary/aromatic N) is 1. The number of aromatic nitrogens is 1. The van der Waals surface area contributed by atoms with Crippen molar-refractivity contribution in [2.75, 3.05) is 0 Å². The molecule has 1 aromatic rings. The van der Waals surface area contributed by atoms with Crippen LogP contribution < -0.4 is 5.73 Å². The van der Waals surface area contributed by atoms with Gasteiger partial charge in [0.15, 0.2) is 0 Å². The Morgan fingerprint density at radius 2 is 1.94 bits per heavy atom. The number of nitrogens with two attached hydrogens (primary N) is 1. The molecule has 2 saturated carbocycles. The minimum Gasteiger partial charge on any atom is -0.319 e. The quantitative estimate of drug-likeness (QED) is 0.893. The predicted molar refractivity (Wildman–Crippen MR) is 76.9 cm³/mol. The van der Waals surface area contributed by atoms with Crippen molar-refractivity contribution in [3.8, 4) is 0 Å². The molecular weight excluding hydrogens is 240 g/mol. The average Bonchev–Trinajstić information content (AvgIpc) is 3.13. The lowest BCUT2D eigenvalue weighted by molar-refractivity contribution is 0.231. The predicted octanol–water partition coefficient (Wildman–Crippen LogP) is 4.08. The molecule has 0 atom stereocenters. The summed E-state index contributed by atoms with van der Waals surface area (Å²) in [5.41, 5.74) is 7.89. The van der Waals surface area contributed by atoms with Gasteiger partial charge in [-0.3, -0.25) is 0 Å². The zero-order valence-corrected chi connectivity index (χ0v) is 12.4. The van der Waals surface area contributed by atoms with Crippen LogP contribution in [-0.2, 0) is 5.54 Å². The van der Waals surface area contributed by atoms with Crippen molar-refractivity contribution >= 4 is 11.3 Å². The van der Waals surface area contributed by atoms with Crippen LogP contribution in [0.2, 0.25) is 0 Å². The van der Waals surface area contributed by atoms with E-state index < -0.39 is 0 Å². The number of aryl methyl sites for hydroxylation is 1. The van der Waals surface area contributed by atoms with Gasteiger partial charge in [0.25, 0.3) is 0 Å². The van der Waals surface area contributed by atoms with E-state index in [1.54, 1.807) is 0 Å². The molecular formula is C15H24N2S. The van der Waals surface area contributed by atoms with Crippen molar-refractivity contribution in [2.24, 2.45) is 11.7 Å².